The zero-order valence-corrected chi connectivity index (χ0v) is 17.9. The van der Waals surface area contributed by atoms with E-state index in [4.69, 9.17) is 18.9 Å². The van der Waals surface area contributed by atoms with Gasteiger partial charge in [-0.15, -0.1) is 12.4 Å². The van der Waals surface area contributed by atoms with E-state index in [1.165, 1.54) is 21.3 Å². The van der Waals surface area contributed by atoms with E-state index in [1.54, 1.807) is 12.1 Å². The average molecular weight is 410 g/mol. The molecule has 0 saturated heterocycles. The summed E-state index contributed by atoms with van der Waals surface area (Å²) in [6, 6.07) is 12.9. The fraction of sp³-hybridized carbons (Fsp3) is 0.381. The average Bonchev–Trinajstić information content (AvgIpc) is 2.70. The van der Waals surface area contributed by atoms with Gasteiger partial charge in [0.1, 0.15) is 6.10 Å². The number of esters is 1. The van der Waals surface area contributed by atoms with Gasteiger partial charge in [0.15, 0.2) is 11.5 Å². The van der Waals surface area contributed by atoms with Crippen molar-refractivity contribution in [3.05, 3.63) is 53.6 Å². The molecule has 0 amide bonds. The molecule has 0 spiro atoms. The van der Waals surface area contributed by atoms with Crippen molar-refractivity contribution in [2.45, 2.75) is 19.1 Å². The van der Waals surface area contributed by atoms with Gasteiger partial charge in [-0.25, -0.2) is 4.79 Å². The van der Waals surface area contributed by atoms with Crippen molar-refractivity contribution in [3.8, 4) is 17.2 Å². The zero-order chi connectivity index (χ0) is 20.0. The van der Waals surface area contributed by atoms with E-state index in [2.05, 4.69) is 0 Å². The normalized spacial score (nSPS) is 12.5. The van der Waals surface area contributed by atoms with Crippen LogP contribution in [-0.4, -0.2) is 52.3 Å². The van der Waals surface area contributed by atoms with Gasteiger partial charge in [-0.05, 0) is 38.7 Å². The van der Waals surface area contributed by atoms with Gasteiger partial charge in [0.25, 0.3) is 0 Å². The van der Waals surface area contributed by atoms with Crippen molar-refractivity contribution in [2.24, 2.45) is 0 Å². The quantitative estimate of drug-likeness (QED) is 0.614. The molecule has 2 aromatic carbocycles. The molecule has 2 rings (SSSR count). The maximum Gasteiger partial charge on any atom is 0.339 e. The van der Waals surface area contributed by atoms with Crippen molar-refractivity contribution in [3.63, 3.8) is 0 Å². The lowest BCUT2D eigenvalue weighted by atomic mass is 10.0. The van der Waals surface area contributed by atoms with Crippen LogP contribution in [-0.2, 0) is 4.74 Å². The minimum atomic E-state index is -0.461. The van der Waals surface area contributed by atoms with E-state index in [0.29, 0.717) is 22.8 Å². The van der Waals surface area contributed by atoms with E-state index in [9.17, 15) is 4.79 Å². The molecule has 0 aliphatic carbocycles. The Balaban J connectivity index is 0.00000392. The third-order valence-electron chi connectivity index (χ3n) is 4.52. The minimum Gasteiger partial charge on any atom is -0.493 e. The van der Waals surface area contributed by atoms with Crippen LogP contribution in [0.5, 0.6) is 17.2 Å². The highest BCUT2D eigenvalue weighted by Gasteiger charge is 2.27. The molecule has 0 aromatic heterocycles. The number of nitrogens with zero attached hydrogens (tertiary/aromatic N) is 1. The van der Waals surface area contributed by atoms with Crippen LogP contribution >= 0.6 is 12.4 Å². The van der Waals surface area contributed by atoms with Gasteiger partial charge in [-0.2, -0.15) is 0 Å². The number of methoxy groups -OCH3 is 3. The number of carbonyl (C=O) groups is 1. The van der Waals surface area contributed by atoms with E-state index < -0.39 is 12.1 Å². The molecule has 0 heterocycles. The van der Waals surface area contributed by atoms with Crippen LogP contribution in [0.4, 0.5) is 0 Å². The van der Waals surface area contributed by atoms with Crippen LogP contribution in [0.2, 0.25) is 0 Å². The van der Waals surface area contributed by atoms with Gasteiger partial charge in [0.2, 0.25) is 5.75 Å². The Morgan fingerprint density at radius 3 is 1.89 bits per heavy atom. The Bertz CT molecular complexity index is 742. The number of hydrogen-bond acceptors (Lipinski definition) is 6. The molecule has 0 N–H and O–H groups in total. The summed E-state index contributed by atoms with van der Waals surface area (Å²) in [6.45, 7) is 2.01. The summed E-state index contributed by atoms with van der Waals surface area (Å²) in [5.74, 6) is 0.774. The molecule has 7 heteroatoms. The number of ether oxygens (including phenoxy) is 4. The highest BCUT2D eigenvalue weighted by molar-refractivity contribution is 5.91. The number of rotatable bonds is 8. The first kappa shape index (κ1) is 23.6. The third kappa shape index (κ3) is 5.30. The van der Waals surface area contributed by atoms with Crippen LogP contribution in [0.1, 0.15) is 28.9 Å². The number of halogens is 1. The van der Waals surface area contributed by atoms with Crippen LogP contribution in [0, 0.1) is 0 Å². The van der Waals surface area contributed by atoms with Crippen molar-refractivity contribution < 1.29 is 23.7 Å². The fourth-order valence-corrected chi connectivity index (χ4v) is 2.74. The monoisotopic (exact) mass is 409 g/mol. The van der Waals surface area contributed by atoms with Gasteiger partial charge in [0.05, 0.1) is 26.9 Å². The summed E-state index contributed by atoms with van der Waals surface area (Å²) in [6.07, 6.45) is -0.423. The molecule has 2 atom stereocenters. The SMILES string of the molecule is COc1cc(C(=O)OC(c2ccccc2)C(C)N(C)C)cc(OC)c1OC.Cl. The van der Waals surface area contributed by atoms with Crippen LogP contribution < -0.4 is 14.2 Å². The van der Waals surface area contributed by atoms with Crippen LogP contribution in [0.15, 0.2) is 42.5 Å². The molecule has 28 heavy (non-hydrogen) atoms. The maximum atomic E-state index is 12.9. The Morgan fingerprint density at radius 1 is 0.929 bits per heavy atom. The second-order valence-electron chi connectivity index (χ2n) is 6.35. The summed E-state index contributed by atoms with van der Waals surface area (Å²) >= 11 is 0. The smallest absolute Gasteiger partial charge is 0.339 e. The summed E-state index contributed by atoms with van der Waals surface area (Å²) in [4.78, 5) is 14.9. The predicted octanol–water partition coefficient (Wildman–Crippen LogP) is 3.98. The van der Waals surface area contributed by atoms with Crippen LogP contribution in [0.3, 0.4) is 0 Å². The summed E-state index contributed by atoms with van der Waals surface area (Å²) in [5, 5.41) is 0. The first-order valence-corrected chi connectivity index (χ1v) is 8.65. The Hall–Kier alpha value is -2.44. The van der Waals surface area contributed by atoms with Crippen LogP contribution in [0.25, 0.3) is 0 Å². The van der Waals surface area contributed by atoms with Crippen molar-refractivity contribution in [1.82, 2.24) is 4.90 Å². The molecule has 6 nitrogen and oxygen atoms in total. The first-order valence-electron chi connectivity index (χ1n) is 8.65. The van der Waals surface area contributed by atoms with Gasteiger partial charge < -0.3 is 23.8 Å². The highest BCUT2D eigenvalue weighted by Crippen LogP contribution is 2.38. The predicted molar refractivity (Wildman–Crippen MR) is 111 cm³/mol. The lowest BCUT2D eigenvalue weighted by Crippen LogP contribution is -2.33. The first-order chi connectivity index (χ1) is 12.9. The Morgan fingerprint density at radius 2 is 1.46 bits per heavy atom. The standard InChI is InChI=1S/C21H27NO5.ClH/c1-14(22(2)3)19(15-10-8-7-9-11-15)27-21(23)16-12-17(24-4)20(26-6)18(13-16)25-5;/h7-14,19H,1-6H3;1H. The van der Waals surface area contributed by atoms with E-state index >= 15 is 0 Å². The largest absolute Gasteiger partial charge is 0.493 e. The molecule has 0 aliphatic heterocycles. The van der Waals surface area contributed by atoms with Crippen molar-refractivity contribution >= 4 is 18.4 Å². The van der Waals surface area contributed by atoms with Gasteiger partial charge in [-0.1, -0.05) is 30.3 Å². The van der Waals surface area contributed by atoms with Gasteiger partial charge >= 0.3 is 5.97 Å². The summed E-state index contributed by atoms with van der Waals surface area (Å²) < 4.78 is 21.8. The molecule has 0 aliphatic rings. The molecule has 2 unspecified atom stereocenters. The maximum absolute atomic E-state index is 12.9. The van der Waals surface area contributed by atoms with Crippen molar-refractivity contribution in [1.29, 1.82) is 0 Å². The molecule has 154 valence electrons. The van der Waals surface area contributed by atoms with Gasteiger partial charge in [0, 0.05) is 6.04 Å². The number of carbonyl (C=O) groups excluding carboxylic acids is 1. The molecular weight excluding hydrogens is 382 g/mol. The number of hydrogen-bond donors (Lipinski definition) is 0. The lowest BCUT2D eigenvalue weighted by molar-refractivity contribution is 0.00879. The lowest BCUT2D eigenvalue weighted by Gasteiger charge is -2.29. The Kier molecular flexibility index (Phi) is 9.09. The van der Waals surface area contributed by atoms with Crippen molar-refractivity contribution in [2.75, 3.05) is 35.4 Å². The molecule has 2 aromatic rings. The minimum absolute atomic E-state index is 0. The van der Waals surface area contributed by atoms with Gasteiger partial charge in [-0.3, -0.25) is 0 Å². The van der Waals surface area contributed by atoms with E-state index in [1.807, 2.05) is 56.3 Å². The van der Waals surface area contributed by atoms with E-state index in [-0.39, 0.29) is 18.4 Å². The number of benzene rings is 2. The molecule has 0 saturated carbocycles. The summed E-state index contributed by atoms with van der Waals surface area (Å²) in [7, 11) is 8.44. The highest BCUT2D eigenvalue weighted by atomic mass is 35.5. The molecule has 0 radical (unpaired) electrons. The third-order valence-corrected chi connectivity index (χ3v) is 4.52. The Labute approximate surface area is 172 Å². The molecule has 0 fully saturated rings. The zero-order valence-electron chi connectivity index (χ0n) is 17.1. The molecule has 0 bridgehead atoms. The number of likely N-dealkylation sites (N-methyl/N-ethyl adjacent to an activating group) is 1. The second kappa shape index (κ2) is 10.8. The fourth-order valence-electron chi connectivity index (χ4n) is 2.74. The second-order valence-corrected chi connectivity index (χ2v) is 6.35. The van der Waals surface area contributed by atoms with E-state index in [0.717, 1.165) is 5.56 Å². The summed E-state index contributed by atoms with van der Waals surface area (Å²) in [5.41, 5.74) is 1.26. The topological polar surface area (TPSA) is 57.2 Å². The molecular formula is C21H28ClNO5.